The van der Waals surface area contributed by atoms with Gasteiger partial charge in [-0.05, 0) is 25.3 Å². The molecule has 3 nitrogen and oxygen atoms in total. The van der Waals surface area contributed by atoms with Crippen molar-refractivity contribution in [3.05, 3.63) is 11.6 Å². The molecule has 0 spiro atoms. The molecule has 1 amide bonds. The summed E-state index contributed by atoms with van der Waals surface area (Å²) in [4.78, 5) is 12.1. The summed E-state index contributed by atoms with van der Waals surface area (Å²) in [5, 5.41) is 6.40. The minimum atomic E-state index is 0.172. The van der Waals surface area contributed by atoms with Gasteiger partial charge in [0.1, 0.15) is 0 Å². The first-order chi connectivity index (χ1) is 9.25. The van der Waals surface area contributed by atoms with Crippen molar-refractivity contribution in [2.45, 2.75) is 51.9 Å². The van der Waals surface area contributed by atoms with Crippen LogP contribution < -0.4 is 10.6 Å². The molecule has 2 aliphatic rings. The van der Waals surface area contributed by atoms with Crippen LogP contribution in [0, 0.1) is 11.8 Å². The molecule has 0 aromatic carbocycles. The SMILES string of the molecule is CC(CC1CCCCC1)C(=O)NCC1=CCNCC1. The van der Waals surface area contributed by atoms with Crippen LogP contribution in [0.3, 0.4) is 0 Å². The minimum absolute atomic E-state index is 0.172. The standard InChI is InChI=1S/C16H28N2O/c1-13(11-14-5-3-2-4-6-14)16(19)18-12-15-7-9-17-10-8-15/h7,13-14,17H,2-6,8-12H2,1H3,(H,18,19). The number of hydrogen-bond acceptors (Lipinski definition) is 2. The number of rotatable bonds is 5. The molecule has 0 saturated heterocycles. The van der Waals surface area contributed by atoms with Crippen molar-refractivity contribution in [2.75, 3.05) is 19.6 Å². The Hall–Kier alpha value is -0.830. The van der Waals surface area contributed by atoms with Crippen LogP contribution in [0.4, 0.5) is 0 Å². The number of carbonyl (C=O) groups excluding carboxylic acids is 1. The molecule has 2 N–H and O–H groups in total. The van der Waals surface area contributed by atoms with E-state index in [4.69, 9.17) is 0 Å². The molecule has 108 valence electrons. The lowest BCUT2D eigenvalue weighted by atomic mass is 9.83. The van der Waals surface area contributed by atoms with Gasteiger partial charge >= 0.3 is 0 Å². The van der Waals surface area contributed by atoms with E-state index in [1.807, 2.05) is 0 Å². The highest BCUT2D eigenvalue weighted by Crippen LogP contribution is 2.29. The monoisotopic (exact) mass is 264 g/mol. The molecular weight excluding hydrogens is 236 g/mol. The molecule has 0 aromatic heterocycles. The predicted molar refractivity (Wildman–Crippen MR) is 78.9 cm³/mol. The first-order valence-corrected chi connectivity index (χ1v) is 7.92. The van der Waals surface area contributed by atoms with E-state index in [-0.39, 0.29) is 11.8 Å². The molecule has 0 aromatic rings. The summed E-state index contributed by atoms with van der Waals surface area (Å²) in [5.74, 6) is 1.20. The van der Waals surface area contributed by atoms with Crippen LogP contribution in [0.15, 0.2) is 11.6 Å². The Bertz CT molecular complexity index is 319. The van der Waals surface area contributed by atoms with Gasteiger partial charge in [-0.15, -0.1) is 0 Å². The van der Waals surface area contributed by atoms with Crippen LogP contribution >= 0.6 is 0 Å². The zero-order valence-corrected chi connectivity index (χ0v) is 12.2. The van der Waals surface area contributed by atoms with Crippen LogP contribution in [0.1, 0.15) is 51.9 Å². The summed E-state index contributed by atoms with van der Waals surface area (Å²) < 4.78 is 0. The van der Waals surface area contributed by atoms with Crippen LogP contribution in [0.2, 0.25) is 0 Å². The van der Waals surface area contributed by atoms with Crippen molar-refractivity contribution in [3.8, 4) is 0 Å². The van der Waals surface area contributed by atoms with Crippen molar-refractivity contribution >= 4 is 5.91 Å². The highest BCUT2D eigenvalue weighted by atomic mass is 16.1. The van der Waals surface area contributed by atoms with E-state index < -0.39 is 0 Å². The predicted octanol–water partition coefficient (Wildman–Crippen LogP) is 2.63. The fraction of sp³-hybridized carbons (Fsp3) is 0.812. The molecule has 3 heteroatoms. The topological polar surface area (TPSA) is 41.1 Å². The van der Waals surface area contributed by atoms with Crippen LogP contribution in [-0.4, -0.2) is 25.5 Å². The summed E-state index contributed by atoms with van der Waals surface area (Å²) in [6, 6.07) is 0. The summed E-state index contributed by atoms with van der Waals surface area (Å²) in [7, 11) is 0. The average Bonchev–Trinajstić information content (AvgIpc) is 2.47. The van der Waals surface area contributed by atoms with Crippen LogP contribution in [-0.2, 0) is 4.79 Å². The third-order valence-electron chi connectivity index (χ3n) is 4.51. The van der Waals surface area contributed by atoms with Crippen molar-refractivity contribution in [2.24, 2.45) is 11.8 Å². The van der Waals surface area contributed by atoms with Gasteiger partial charge < -0.3 is 10.6 Å². The summed E-state index contributed by atoms with van der Waals surface area (Å²) in [6.45, 7) is 4.82. The molecule has 19 heavy (non-hydrogen) atoms. The molecular formula is C16H28N2O. The molecule has 1 aliphatic heterocycles. The largest absolute Gasteiger partial charge is 0.352 e. The maximum atomic E-state index is 12.1. The summed E-state index contributed by atoms with van der Waals surface area (Å²) >= 11 is 0. The van der Waals surface area contributed by atoms with Gasteiger partial charge in [0.05, 0.1) is 0 Å². The van der Waals surface area contributed by atoms with Crippen LogP contribution in [0.5, 0.6) is 0 Å². The van der Waals surface area contributed by atoms with Gasteiger partial charge in [-0.2, -0.15) is 0 Å². The van der Waals surface area contributed by atoms with E-state index >= 15 is 0 Å². The van der Waals surface area contributed by atoms with E-state index in [9.17, 15) is 4.79 Å². The minimum Gasteiger partial charge on any atom is -0.352 e. The maximum Gasteiger partial charge on any atom is 0.223 e. The fourth-order valence-electron chi connectivity index (χ4n) is 3.23. The Morgan fingerprint density at radius 3 is 2.89 bits per heavy atom. The molecule has 1 atom stereocenters. The van der Waals surface area contributed by atoms with Gasteiger partial charge in [0.15, 0.2) is 0 Å². The van der Waals surface area contributed by atoms with E-state index in [2.05, 4.69) is 23.6 Å². The molecule has 1 saturated carbocycles. The Kier molecular flexibility index (Phi) is 5.90. The Labute approximate surface area is 117 Å². The highest BCUT2D eigenvalue weighted by molar-refractivity contribution is 5.78. The molecule has 1 fully saturated rings. The van der Waals surface area contributed by atoms with E-state index in [0.717, 1.165) is 38.4 Å². The third-order valence-corrected chi connectivity index (χ3v) is 4.51. The first kappa shape index (κ1) is 14.6. The number of nitrogens with one attached hydrogen (secondary N) is 2. The quantitative estimate of drug-likeness (QED) is 0.750. The number of amides is 1. The van der Waals surface area contributed by atoms with E-state index in [1.165, 1.54) is 37.7 Å². The van der Waals surface area contributed by atoms with Crippen molar-refractivity contribution in [1.29, 1.82) is 0 Å². The second-order valence-corrected chi connectivity index (χ2v) is 6.18. The highest BCUT2D eigenvalue weighted by Gasteiger charge is 2.20. The summed E-state index contributed by atoms with van der Waals surface area (Å²) in [6.07, 6.45) is 11.1. The lowest BCUT2D eigenvalue weighted by Crippen LogP contribution is -2.33. The van der Waals surface area contributed by atoms with Gasteiger partial charge in [0.25, 0.3) is 0 Å². The maximum absolute atomic E-state index is 12.1. The second kappa shape index (κ2) is 7.68. The van der Waals surface area contributed by atoms with Gasteiger partial charge in [-0.25, -0.2) is 0 Å². The van der Waals surface area contributed by atoms with Gasteiger partial charge in [-0.1, -0.05) is 50.7 Å². The molecule has 0 bridgehead atoms. The van der Waals surface area contributed by atoms with Gasteiger partial charge in [0, 0.05) is 19.0 Å². The zero-order chi connectivity index (χ0) is 13.5. The van der Waals surface area contributed by atoms with E-state index in [0.29, 0.717) is 0 Å². The first-order valence-electron chi connectivity index (χ1n) is 7.92. The molecule has 1 aliphatic carbocycles. The number of hydrogen-bond donors (Lipinski definition) is 2. The van der Waals surface area contributed by atoms with Crippen LogP contribution in [0.25, 0.3) is 0 Å². The molecule has 1 heterocycles. The van der Waals surface area contributed by atoms with Gasteiger partial charge in [0.2, 0.25) is 5.91 Å². The van der Waals surface area contributed by atoms with E-state index in [1.54, 1.807) is 0 Å². The third kappa shape index (κ3) is 4.98. The lowest BCUT2D eigenvalue weighted by molar-refractivity contribution is -0.124. The molecule has 1 unspecified atom stereocenters. The second-order valence-electron chi connectivity index (χ2n) is 6.18. The van der Waals surface area contributed by atoms with Crippen molar-refractivity contribution in [3.63, 3.8) is 0 Å². The zero-order valence-electron chi connectivity index (χ0n) is 12.2. The number of carbonyl (C=O) groups is 1. The fourth-order valence-corrected chi connectivity index (χ4v) is 3.23. The van der Waals surface area contributed by atoms with Crippen molar-refractivity contribution < 1.29 is 4.79 Å². The average molecular weight is 264 g/mol. The normalized spacial score (nSPS) is 22.7. The Morgan fingerprint density at radius 2 is 2.21 bits per heavy atom. The molecule has 0 radical (unpaired) electrons. The summed E-state index contributed by atoms with van der Waals surface area (Å²) in [5.41, 5.74) is 1.37. The Morgan fingerprint density at radius 1 is 1.42 bits per heavy atom. The smallest absolute Gasteiger partial charge is 0.223 e. The Balaban J connectivity index is 1.67. The lowest BCUT2D eigenvalue weighted by Gasteiger charge is -2.24. The molecule has 2 rings (SSSR count). The van der Waals surface area contributed by atoms with Gasteiger partial charge in [-0.3, -0.25) is 4.79 Å². The van der Waals surface area contributed by atoms with Crippen molar-refractivity contribution in [1.82, 2.24) is 10.6 Å².